The molecular formula is C26H19ClFIN2O4S. The van der Waals surface area contributed by atoms with E-state index in [4.69, 9.17) is 33.3 Å². The zero-order chi connectivity index (χ0) is 25.8. The van der Waals surface area contributed by atoms with Gasteiger partial charge in [0.25, 0.3) is 11.8 Å². The van der Waals surface area contributed by atoms with Crippen LogP contribution in [0.4, 0.5) is 10.1 Å². The monoisotopic (exact) mass is 636 g/mol. The molecule has 1 aliphatic rings. The van der Waals surface area contributed by atoms with E-state index in [9.17, 15) is 14.0 Å². The lowest BCUT2D eigenvalue weighted by atomic mass is 10.1. The second kappa shape index (κ2) is 11.4. The number of carbonyl (C=O) groups excluding carboxylic acids is 2. The van der Waals surface area contributed by atoms with Gasteiger partial charge in [0, 0.05) is 3.57 Å². The number of hydrogen-bond donors (Lipinski definition) is 1. The zero-order valence-corrected chi connectivity index (χ0v) is 22.6. The largest absolute Gasteiger partial charge is 0.490 e. The summed E-state index contributed by atoms with van der Waals surface area (Å²) >= 11 is 13.9. The molecule has 3 aromatic carbocycles. The molecule has 1 fully saturated rings. The Morgan fingerprint density at radius 1 is 1.11 bits per heavy atom. The standard InChI is InChI=1S/C26H19ClFIN2O4S/c1-2-34-22-13-16(12-19(27)23(22)35-14-15-7-9-17(29)10-8-15)11-18-24(32)30-26(36)31(25(18)33)21-6-4-3-5-20(21)28/h3-13H,2,14H2,1H3,(H,30,32,36)/b18-11+. The van der Waals surface area contributed by atoms with Crippen LogP contribution in [-0.2, 0) is 16.2 Å². The molecule has 36 heavy (non-hydrogen) atoms. The van der Waals surface area contributed by atoms with Crippen molar-refractivity contribution < 1.29 is 23.5 Å². The third kappa shape index (κ3) is 5.69. The van der Waals surface area contributed by atoms with Crippen molar-refractivity contribution in [2.24, 2.45) is 0 Å². The smallest absolute Gasteiger partial charge is 0.270 e. The number of hydrogen-bond acceptors (Lipinski definition) is 5. The van der Waals surface area contributed by atoms with Crippen LogP contribution in [0.3, 0.4) is 0 Å². The Kier molecular flexibility index (Phi) is 8.22. The minimum Gasteiger partial charge on any atom is -0.490 e. The first-order valence-electron chi connectivity index (χ1n) is 10.8. The van der Waals surface area contributed by atoms with E-state index in [1.54, 1.807) is 18.2 Å². The van der Waals surface area contributed by atoms with Gasteiger partial charge in [0.1, 0.15) is 18.0 Å². The maximum atomic E-state index is 14.4. The Hall–Kier alpha value is -3.02. The maximum absolute atomic E-state index is 14.4. The second-order valence-electron chi connectivity index (χ2n) is 7.59. The lowest BCUT2D eigenvalue weighted by molar-refractivity contribution is -0.122. The van der Waals surface area contributed by atoms with Crippen LogP contribution in [-0.4, -0.2) is 23.5 Å². The van der Waals surface area contributed by atoms with E-state index in [-0.39, 0.29) is 28.0 Å². The normalized spacial score (nSPS) is 14.7. The summed E-state index contributed by atoms with van der Waals surface area (Å²) in [6.45, 7) is 2.42. The van der Waals surface area contributed by atoms with Crippen LogP contribution in [0.5, 0.6) is 11.5 Å². The molecule has 1 N–H and O–H groups in total. The molecule has 0 atom stereocenters. The first-order valence-corrected chi connectivity index (χ1v) is 12.6. The van der Waals surface area contributed by atoms with Gasteiger partial charge in [-0.2, -0.15) is 0 Å². The van der Waals surface area contributed by atoms with Crippen molar-refractivity contribution in [3.8, 4) is 11.5 Å². The average molecular weight is 637 g/mol. The van der Waals surface area contributed by atoms with Crippen LogP contribution >= 0.6 is 46.4 Å². The van der Waals surface area contributed by atoms with Crippen molar-refractivity contribution in [1.29, 1.82) is 0 Å². The number of benzene rings is 3. The van der Waals surface area contributed by atoms with Gasteiger partial charge in [-0.15, -0.1) is 0 Å². The number of nitrogens with zero attached hydrogens (tertiary/aromatic N) is 1. The predicted octanol–water partition coefficient (Wildman–Crippen LogP) is 5.89. The van der Waals surface area contributed by atoms with Crippen LogP contribution in [0.15, 0.2) is 66.2 Å². The molecular weight excluding hydrogens is 618 g/mol. The minimum absolute atomic E-state index is 0.0641. The lowest BCUT2D eigenvalue weighted by Crippen LogP contribution is -2.54. The fourth-order valence-electron chi connectivity index (χ4n) is 3.49. The van der Waals surface area contributed by atoms with Crippen molar-refractivity contribution in [3.05, 3.63) is 91.8 Å². The molecule has 0 aliphatic carbocycles. The van der Waals surface area contributed by atoms with Crippen LogP contribution in [0.1, 0.15) is 18.1 Å². The van der Waals surface area contributed by atoms with Crippen LogP contribution < -0.4 is 19.7 Å². The van der Waals surface area contributed by atoms with Gasteiger partial charge in [-0.1, -0.05) is 35.9 Å². The molecule has 1 heterocycles. The van der Waals surface area contributed by atoms with Crippen LogP contribution in [0.25, 0.3) is 6.08 Å². The summed E-state index contributed by atoms with van der Waals surface area (Å²) in [5, 5.41) is 2.47. The molecule has 10 heteroatoms. The summed E-state index contributed by atoms with van der Waals surface area (Å²) in [5.41, 5.74) is 1.07. The van der Waals surface area contributed by atoms with Gasteiger partial charge in [-0.05, 0) is 95.3 Å². The highest BCUT2D eigenvalue weighted by molar-refractivity contribution is 14.1. The number of rotatable bonds is 7. The maximum Gasteiger partial charge on any atom is 0.270 e. The van der Waals surface area contributed by atoms with Crippen molar-refractivity contribution in [1.82, 2.24) is 5.32 Å². The van der Waals surface area contributed by atoms with E-state index in [1.165, 1.54) is 24.3 Å². The number of anilines is 1. The van der Waals surface area contributed by atoms with Crippen molar-refractivity contribution in [3.63, 3.8) is 0 Å². The predicted molar refractivity (Wildman–Crippen MR) is 149 cm³/mol. The van der Waals surface area contributed by atoms with Crippen LogP contribution in [0, 0.1) is 9.39 Å². The number of carbonyl (C=O) groups is 2. The summed E-state index contributed by atoms with van der Waals surface area (Å²) in [4.78, 5) is 26.8. The van der Waals surface area contributed by atoms with Gasteiger partial charge in [0.05, 0.1) is 17.3 Å². The molecule has 2 amide bonds. The average Bonchev–Trinajstić information content (AvgIpc) is 2.83. The Morgan fingerprint density at radius 2 is 1.83 bits per heavy atom. The quantitative estimate of drug-likeness (QED) is 0.152. The van der Waals surface area contributed by atoms with Gasteiger partial charge in [0.15, 0.2) is 16.6 Å². The third-order valence-corrected chi connectivity index (χ3v) is 6.42. The third-order valence-electron chi connectivity index (χ3n) is 5.13. The van der Waals surface area contributed by atoms with Crippen molar-refractivity contribution in [2.45, 2.75) is 13.5 Å². The highest BCUT2D eigenvalue weighted by Crippen LogP contribution is 2.38. The van der Waals surface area contributed by atoms with Crippen LogP contribution in [0.2, 0.25) is 5.02 Å². The molecule has 0 spiro atoms. The molecule has 1 aliphatic heterocycles. The summed E-state index contributed by atoms with van der Waals surface area (Å²) in [6.07, 6.45) is 1.35. The molecule has 0 radical (unpaired) electrons. The number of nitrogens with one attached hydrogen (secondary N) is 1. The number of ether oxygens (including phenoxy) is 2. The number of amides is 2. The topological polar surface area (TPSA) is 67.9 Å². The Bertz CT molecular complexity index is 1380. The van der Waals surface area contributed by atoms with E-state index in [0.29, 0.717) is 23.7 Å². The Labute approximate surface area is 231 Å². The highest BCUT2D eigenvalue weighted by Gasteiger charge is 2.35. The molecule has 4 rings (SSSR count). The Balaban J connectivity index is 1.66. The first kappa shape index (κ1) is 26.1. The SMILES string of the molecule is CCOc1cc(/C=C2\C(=O)NC(=S)N(c3ccccc3F)C2=O)cc(Cl)c1OCc1ccc(I)cc1. The van der Waals surface area contributed by atoms with E-state index in [1.807, 2.05) is 31.2 Å². The summed E-state index contributed by atoms with van der Waals surface area (Å²) in [7, 11) is 0. The molecule has 0 unspecified atom stereocenters. The summed E-state index contributed by atoms with van der Waals surface area (Å²) in [6, 6.07) is 16.7. The molecule has 3 aromatic rings. The van der Waals surface area contributed by atoms with Crippen molar-refractivity contribution in [2.75, 3.05) is 11.5 Å². The summed E-state index contributed by atoms with van der Waals surface area (Å²) < 4.78 is 27.2. The van der Waals surface area contributed by atoms with Gasteiger partial charge >= 0.3 is 0 Å². The van der Waals surface area contributed by atoms with E-state index < -0.39 is 17.6 Å². The highest BCUT2D eigenvalue weighted by atomic mass is 127. The minimum atomic E-state index is -0.762. The van der Waals surface area contributed by atoms with E-state index >= 15 is 0 Å². The lowest BCUT2D eigenvalue weighted by Gasteiger charge is -2.29. The zero-order valence-electron chi connectivity index (χ0n) is 18.9. The van der Waals surface area contributed by atoms with Crippen molar-refractivity contribution >= 4 is 75.1 Å². The number of thiocarbonyl (C=S) groups is 1. The van der Waals surface area contributed by atoms with Gasteiger partial charge in [-0.3, -0.25) is 14.9 Å². The second-order valence-corrected chi connectivity index (χ2v) is 9.63. The number of para-hydroxylation sites is 1. The summed E-state index contributed by atoms with van der Waals surface area (Å²) in [5.74, 6) is -1.42. The molecule has 6 nitrogen and oxygen atoms in total. The molecule has 0 aromatic heterocycles. The molecule has 0 saturated carbocycles. The van der Waals surface area contributed by atoms with Gasteiger partial charge < -0.3 is 9.47 Å². The fraction of sp³-hybridized carbons (Fsp3) is 0.115. The number of halogens is 3. The molecule has 0 bridgehead atoms. The van der Waals surface area contributed by atoms with Gasteiger partial charge in [0.2, 0.25) is 0 Å². The fourth-order valence-corrected chi connectivity index (χ4v) is 4.39. The molecule has 184 valence electrons. The van der Waals surface area contributed by atoms with E-state index in [2.05, 4.69) is 27.9 Å². The Morgan fingerprint density at radius 3 is 2.53 bits per heavy atom. The first-order chi connectivity index (χ1) is 17.3. The molecule has 1 saturated heterocycles. The van der Waals surface area contributed by atoms with Gasteiger partial charge in [-0.25, -0.2) is 9.29 Å². The van der Waals surface area contributed by atoms with E-state index in [0.717, 1.165) is 14.0 Å².